The van der Waals surface area contributed by atoms with Gasteiger partial charge in [0.1, 0.15) is 11.8 Å². The second-order valence-electron chi connectivity index (χ2n) is 6.02. The topological polar surface area (TPSA) is 346 Å². The van der Waals surface area contributed by atoms with Crippen LogP contribution in [0.4, 0.5) is 5.82 Å². The fourth-order valence-electron chi connectivity index (χ4n) is 3.24. The summed E-state index contributed by atoms with van der Waals surface area (Å²) in [4.78, 5) is 55.9. The third-order valence-corrected chi connectivity index (χ3v) is 5.30. The van der Waals surface area contributed by atoms with Gasteiger partial charge in [0.05, 0.1) is 34.7 Å². The number of phosphoric acid groups is 2. The molecule has 182 valence electrons. The first-order valence-electron chi connectivity index (χ1n) is 7.79. The quantitative estimate of drug-likeness (QED) is 0.302. The van der Waals surface area contributed by atoms with Gasteiger partial charge in [0.25, 0.3) is 0 Å². The first-order chi connectivity index (χ1) is 12.6. The van der Waals surface area contributed by atoms with E-state index in [0.29, 0.717) is 17.0 Å². The molecule has 17 nitrogen and oxygen atoms in total. The highest BCUT2D eigenvalue weighted by molar-refractivity contribution is 7.43. The van der Waals surface area contributed by atoms with E-state index in [1.54, 1.807) is 11.6 Å². The molecular formula is C12H31N9O8P2. The summed E-state index contributed by atoms with van der Waals surface area (Å²) in [5, 5.41) is 2.87. The molecule has 0 spiro atoms. The van der Waals surface area contributed by atoms with Crippen LogP contribution in [0.15, 0.2) is 12.7 Å². The number of rotatable bonds is 7. The summed E-state index contributed by atoms with van der Waals surface area (Å²) in [7, 11) is -8.91. The standard InChI is InChI=1S/C12H19N5O8P2.4H3N/c1-13-11-10-12(15-5-14-11)17(6-16-10)8-2-7(4-24-26(18,19)20)9(3-8)25-27(21,22)23;;;;/h5-9H,2-4H2,1H3,(H,13,14,15)(H2,18,19,20)(H2,21,22,23);4*1H3/t7-,8-,9+;;;;/m1..../s1. The van der Waals surface area contributed by atoms with Gasteiger partial charge in [-0.3, -0.25) is 0 Å². The van der Waals surface area contributed by atoms with Crippen molar-refractivity contribution in [3.05, 3.63) is 12.7 Å². The minimum Gasteiger partial charge on any atom is -0.790 e. The van der Waals surface area contributed by atoms with Crippen molar-refractivity contribution in [3.8, 4) is 0 Å². The van der Waals surface area contributed by atoms with E-state index < -0.39 is 40.3 Å². The van der Waals surface area contributed by atoms with Gasteiger partial charge in [0, 0.05) is 19.0 Å². The maximum absolute atomic E-state index is 11.0. The molecule has 1 fully saturated rings. The van der Waals surface area contributed by atoms with E-state index in [-0.39, 0.29) is 37.4 Å². The third-order valence-electron chi connectivity index (χ3n) is 4.31. The average molecular weight is 491 g/mol. The van der Waals surface area contributed by atoms with Crippen LogP contribution in [-0.2, 0) is 18.2 Å². The number of hydrogen-bond acceptors (Lipinski definition) is 12. The van der Waals surface area contributed by atoms with Crippen LogP contribution in [0.25, 0.3) is 11.2 Å². The monoisotopic (exact) mass is 491 g/mol. The van der Waals surface area contributed by atoms with Gasteiger partial charge in [-0.25, -0.2) is 15.0 Å². The highest BCUT2D eigenvalue weighted by Crippen LogP contribution is 2.44. The van der Waals surface area contributed by atoms with E-state index in [1.807, 2.05) is 0 Å². The lowest BCUT2D eigenvalue weighted by molar-refractivity contribution is -0.346. The molecule has 1 aliphatic rings. The number of nitrogens with one attached hydrogen (secondary N) is 1. The molecular weight excluding hydrogens is 460 g/mol. The molecule has 0 amide bonds. The summed E-state index contributed by atoms with van der Waals surface area (Å²) in [6.07, 6.45) is 1.92. The minimum atomic E-state index is -5.32. The average Bonchev–Trinajstić information content (AvgIpc) is 3.14. The van der Waals surface area contributed by atoms with Gasteiger partial charge < -0.3 is 72.2 Å². The minimum absolute atomic E-state index is 0. The van der Waals surface area contributed by atoms with Crippen molar-refractivity contribution in [1.29, 1.82) is 0 Å². The van der Waals surface area contributed by atoms with E-state index in [9.17, 15) is 28.7 Å². The fraction of sp³-hybridized carbons (Fsp3) is 0.583. The molecule has 1 aliphatic carbocycles. The predicted molar refractivity (Wildman–Crippen MR) is 107 cm³/mol. The first kappa shape index (κ1) is 31.6. The van der Waals surface area contributed by atoms with Crippen LogP contribution in [0.1, 0.15) is 18.9 Å². The lowest BCUT2D eigenvalue weighted by atomic mass is 10.1. The predicted octanol–water partition coefficient (Wildman–Crippen LogP) is -0.617. The van der Waals surface area contributed by atoms with E-state index in [0.717, 1.165) is 0 Å². The molecule has 2 aromatic rings. The number of fused-ring (bicyclic) bond motifs is 1. The third kappa shape index (κ3) is 7.80. The number of aromatic nitrogens is 4. The van der Waals surface area contributed by atoms with Crippen LogP contribution in [0, 0.1) is 5.92 Å². The molecule has 3 rings (SSSR count). The first-order valence-corrected chi connectivity index (χ1v) is 10.7. The maximum atomic E-state index is 11.0. The van der Waals surface area contributed by atoms with Crippen molar-refractivity contribution in [1.82, 2.24) is 44.1 Å². The van der Waals surface area contributed by atoms with Gasteiger partial charge in [-0.1, -0.05) is 0 Å². The van der Waals surface area contributed by atoms with Crippen LogP contribution in [0.3, 0.4) is 0 Å². The molecule has 0 unspecified atom stereocenters. The van der Waals surface area contributed by atoms with Crippen molar-refractivity contribution in [3.63, 3.8) is 0 Å². The second-order valence-corrected chi connectivity index (χ2v) is 8.27. The molecule has 31 heavy (non-hydrogen) atoms. The Morgan fingerprint density at radius 1 is 1.06 bits per heavy atom. The number of phosphoric ester groups is 2. The summed E-state index contributed by atoms with van der Waals surface area (Å²) >= 11 is 0. The van der Waals surface area contributed by atoms with E-state index >= 15 is 0 Å². The highest BCUT2D eigenvalue weighted by Gasteiger charge is 2.37. The Balaban J connectivity index is 0. The van der Waals surface area contributed by atoms with Gasteiger partial charge in [0.2, 0.25) is 0 Å². The molecule has 0 aliphatic heterocycles. The molecule has 1 saturated carbocycles. The summed E-state index contributed by atoms with van der Waals surface area (Å²) in [6, 6.07) is -0.405. The smallest absolute Gasteiger partial charge is 0.165 e. The second kappa shape index (κ2) is 11.9. The Morgan fingerprint density at radius 2 is 1.71 bits per heavy atom. The molecule has 2 aromatic heterocycles. The molecule has 0 saturated heterocycles. The lowest BCUT2D eigenvalue weighted by Gasteiger charge is -2.35. The Labute approximate surface area is 177 Å². The Morgan fingerprint density at radius 3 is 2.26 bits per heavy atom. The van der Waals surface area contributed by atoms with Crippen molar-refractivity contribution >= 4 is 32.6 Å². The van der Waals surface area contributed by atoms with Crippen molar-refractivity contribution in [2.24, 2.45) is 5.92 Å². The van der Waals surface area contributed by atoms with Gasteiger partial charge in [-0.2, -0.15) is 0 Å². The van der Waals surface area contributed by atoms with Crippen LogP contribution in [0.2, 0.25) is 0 Å². The normalized spacial score (nSPS) is 20.7. The Bertz CT molecular complexity index is 919. The van der Waals surface area contributed by atoms with Crippen LogP contribution >= 0.6 is 15.6 Å². The number of imidazole rings is 1. The Hall–Kier alpha value is -1.59. The molecule has 17 N–H and O–H groups in total. The van der Waals surface area contributed by atoms with Gasteiger partial charge in [-0.05, 0) is 12.8 Å². The summed E-state index contributed by atoms with van der Waals surface area (Å²) < 4.78 is 32.2. The lowest BCUT2D eigenvalue weighted by Crippen LogP contribution is -2.28. The maximum Gasteiger partial charge on any atom is 0.165 e. The largest absolute Gasteiger partial charge is 0.790 e. The molecule has 0 radical (unpaired) electrons. The van der Waals surface area contributed by atoms with Crippen molar-refractivity contribution < 1.29 is 37.8 Å². The zero-order valence-corrected chi connectivity index (χ0v) is 19.7. The zero-order chi connectivity index (χ0) is 19.8. The molecule has 2 heterocycles. The number of nitrogens with zero attached hydrogens (tertiary/aromatic N) is 4. The zero-order valence-electron chi connectivity index (χ0n) is 18.0. The van der Waals surface area contributed by atoms with E-state index in [2.05, 4.69) is 29.3 Å². The summed E-state index contributed by atoms with van der Waals surface area (Å²) in [5.41, 5.74) is 0.949. The summed E-state index contributed by atoms with van der Waals surface area (Å²) in [6.45, 7) is -0.588. The van der Waals surface area contributed by atoms with Crippen molar-refractivity contribution in [2.45, 2.75) is 25.0 Å². The highest BCUT2D eigenvalue weighted by atomic mass is 31.2. The van der Waals surface area contributed by atoms with Gasteiger partial charge in [0.15, 0.2) is 11.5 Å². The SMILES string of the molecule is CNc1ncnc2c1ncn2[C@@H]1C[C@H](COP(=O)([O-])[O-])[C@@H](OP(=O)([O-])[O-])C1.[NH4+].[NH4+].[NH4+].[NH4+]. The van der Waals surface area contributed by atoms with Gasteiger partial charge in [-0.15, -0.1) is 0 Å². The number of anilines is 1. The van der Waals surface area contributed by atoms with Crippen LogP contribution < -0.4 is 49.5 Å². The number of hydrogen-bond donors (Lipinski definition) is 5. The molecule has 0 bridgehead atoms. The van der Waals surface area contributed by atoms with E-state index in [1.165, 1.54) is 12.7 Å². The van der Waals surface area contributed by atoms with Gasteiger partial charge >= 0.3 is 0 Å². The van der Waals surface area contributed by atoms with Crippen molar-refractivity contribution in [2.75, 3.05) is 19.0 Å². The number of quaternary nitrogens is 4. The summed E-state index contributed by atoms with van der Waals surface area (Å²) in [5.74, 6) is -0.308. The Kier molecular flexibility index (Phi) is 12.1. The fourth-order valence-corrected chi connectivity index (χ4v) is 4.21. The molecule has 3 atom stereocenters. The van der Waals surface area contributed by atoms with Crippen LogP contribution in [-0.4, -0.2) is 39.3 Å². The van der Waals surface area contributed by atoms with Crippen LogP contribution in [0.5, 0.6) is 0 Å². The molecule has 19 heteroatoms. The molecule has 0 aromatic carbocycles. The van der Waals surface area contributed by atoms with E-state index in [4.69, 9.17) is 0 Å².